The second-order valence-corrected chi connectivity index (χ2v) is 4.71. The molecule has 2 heterocycles. The molecule has 0 amide bonds. The highest BCUT2D eigenvalue weighted by Gasteiger charge is 2.08. The van der Waals surface area contributed by atoms with Gasteiger partial charge in [-0.3, -0.25) is 0 Å². The minimum Gasteiger partial charge on any atom is -0.397 e. The molecular formula is C13H12ClN5. The standard InChI is InChI=1S/C13H12ClN5/c14-12-5-8(15)13(16)11(19-12)4-7-1-2-9-10(3-7)18-6-17-9/h1-3,5-6H,4,16H2,(H2,15,19)(H,17,18). The van der Waals surface area contributed by atoms with Crippen LogP contribution in [0.25, 0.3) is 11.0 Å². The van der Waals surface area contributed by atoms with Gasteiger partial charge in [0.05, 0.1) is 34.4 Å². The summed E-state index contributed by atoms with van der Waals surface area (Å²) in [6.07, 6.45) is 2.23. The van der Waals surface area contributed by atoms with Crippen molar-refractivity contribution in [3.63, 3.8) is 0 Å². The number of hydrogen-bond donors (Lipinski definition) is 3. The van der Waals surface area contributed by atoms with Crippen LogP contribution in [0.1, 0.15) is 11.3 Å². The topological polar surface area (TPSA) is 93.6 Å². The first-order chi connectivity index (χ1) is 9.13. The van der Waals surface area contributed by atoms with Crippen LogP contribution in [-0.2, 0) is 6.42 Å². The third kappa shape index (κ3) is 2.20. The molecule has 0 atom stereocenters. The molecule has 0 fully saturated rings. The molecule has 0 unspecified atom stereocenters. The minimum absolute atomic E-state index is 0.350. The molecule has 0 aliphatic rings. The van der Waals surface area contributed by atoms with Crippen LogP contribution in [0.3, 0.4) is 0 Å². The Morgan fingerprint density at radius 2 is 2.05 bits per heavy atom. The molecule has 5 nitrogen and oxygen atoms in total. The molecule has 1 aromatic carbocycles. The second-order valence-electron chi connectivity index (χ2n) is 4.33. The third-order valence-electron chi connectivity index (χ3n) is 3.00. The van der Waals surface area contributed by atoms with Gasteiger partial charge in [-0.2, -0.15) is 0 Å². The molecule has 0 aliphatic carbocycles. The molecule has 0 radical (unpaired) electrons. The first-order valence-electron chi connectivity index (χ1n) is 5.76. The quantitative estimate of drug-likeness (QED) is 0.625. The molecule has 0 spiro atoms. The predicted molar refractivity (Wildman–Crippen MR) is 77.0 cm³/mol. The highest BCUT2D eigenvalue weighted by atomic mass is 35.5. The van der Waals surface area contributed by atoms with Gasteiger partial charge in [-0.05, 0) is 17.7 Å². The van der Waals surface area contributed by atoms with Crippen LogP contribution in [0.5, 0.6) is 0 Å². The Bertz CT molecular complexity index is 750. The number of H-pyrrole nitrogens is 1. The Kier molecular flexibility index (Phi) is 2.76. The number of hydrogen-bond acceptors (Lipinski definition) is 4. The van der Waals surface area contributed by atoms with Gasteiger partial charge < -0.3 is 16.5 Å². The maximum absolute atomic E-state index is 5.92. The normalized spacial score (nSPS) is 11.0. The highest BCUT2D eigenvalue weighted by molar-refractivity contribution is 6.29. The average Bonchev–Trinajstić information content (AvgIpc) is 2.82. The van der Waals surface area contributed by atoms with Crippen LogP contribution in [0, 0.1) is 0 Å². The number of fused-ring (bicyclic) bond motifs is 1. The number of halogens is 1. The van der Waals surface area contributed by atoms with Crippen LogP contribution < -0.4 is 11.5 Å². The lowest BCUT2D eigenvalue weighted by atomic mass is 10.1. The minimum atomic E-state index is 0.350. The number of rotatable bonds is 2. The molecule has 0 saturated heterocycles. The SMILES string of the molecule is Nc1cc(Cl)nc(Cc2ccc3[nH]cnc3c2)c1N. The summed E-state index contributed by atoms with van der Waals surface area (Å²) in [6.45, 7) is 0. The van der Waals surface area contributed by atoms with Gasteiger partial charge in [0.2, 0.25) is 0 Å². The lowest BCUT2D eigenvalue weighted by Gasteiger charge is -2.08. The van der Waals surface area contributed by atoms with E-state index in [4.69, 9.17) is 23.1 Å². The maximum Gasteiger partial charge on any atom is 0.131 e. The van der Waals surface area contributed by atoms with Crippen molar-refractivity contribution in [3.05, 3.63) is 47.0 Å². The van der Waals surface area contributed by atoms with Crippen LogP contribution in [0.2, 0.25) is 5.15 Å². The molecule has 3 aromatic rings. The number of imidazole rings is 1. The largest absolute Gasteiger partial charge is 0.397 e. The van der Waals surface area contributed by atoms with Gasteiger partial charge in [0, 0.05) is 12.5 Å². The van der Waals surface area contributed by atoms with Gasteiger partial charge >= 0.3 is 0 Å². The molecule has 19 heavy (non-hydrogen) atoms. The van der Waals surface area contributed by atoms with Crippen molar-refractivity contribution < 1.29 is 0 Å². The van der Waals surface area contributed by atoms with Crippen molar-refractivity contribution >= 4 is 34.0 Å². The van der Waals surface area contributed by atoms with Gasteiger partial charge in [-0.1, -0.05) is 17.7 Å². The fourth-order valence-electron chi connectivity index (χ4n) is 2.01. The fraction of sp³-hybridized carbons (Fsp3) is 0.0769. The van der Waals surface area contributed by atoms with E-state index >= 15 is 0 Å². The Morgan fingerprint density at radius 3 is 2.89 bits per heavy atom. The molecular weight excluding hydrogens is 262 g/mol. The van der Waals surface area contributed by atoms with Crippen LogP contribution in [-0.4, -0.2) is 15.0 Å². The number of pyridine rings is 1. The lowest BCUT2D eigenvalue weighted by Crippen LogP contribution is -2.03. The number of benzene rings is 1. The van der Waals surface area contributed by atoms with E-state index in [2.05, 4.69) is 15.0 Å². The Balaban J connectivity index is 2.00. The van der Waals surface area contributed by atoms with E-state index < -0.39 is 0 Å². The Labute approximate surface area is 114 Å². The van der Waals surface area contributed by atoms with Crippen molar-refractivity contribution in [3.8, 4) is 0 Å². The molecule has 96 valence electrons. The molecule has 0 aliphatic heterocycles. The number of anilines is 2. The van der Waals surface area contributed by atoms with Crippen LogP contribution in [0.4, 0.5) is 11.4 Å². The smallest absolute Gasteiger partial charge is 0.131 e. The zero-order valence-corrected chi connectivity index (χ0v) is 10.8. The maximum atomic E-state index is 5.92. The van der Waals surface area contributed by atoms with Crippen LogP contribution >= 0.6 is 11.6 Å². The highest BCUT2D eigenvalue weighted by Crippen LogP contribution is 2.24. The summed E-state index contributed by atoms with van der Waals surface area (Å²) in [5, 5.41) is 0.350. The molecule has 5 N–H and O–H groups in total. The van der Waals surface area contributed by atoms with E-state index in [0.717, 1.165) is 16.6 Å². The molecule has 0 bridgehead atoms. The predicted octanol–water partition coefficient (Wildman–Crippen LogP) is 2.37. The summed E-state index contributed by atoms with van der Waals surface area (Å²) < 4.78 is 0. The third-order valence-corrected chi connectivity index (χ3v) is 3.19. The number of nitrogen functional groups attached to an aromatic ring is 2. The number of aromatic amines is 1. The number of aromatic nitrogens is 3. The molecule has 0 saturated carbocycles. The van der Waals surface area contributed by atoms with E-state index in [9.17, 15) is 0 Å². The first kappa shape index (κ1) is 11.8. The summed E-state index contributed by atoms with van der Waals surface area (Å²) in [7, 11) is 0. The average molecular weight is 274 g/mol. The molecule has 3 rings (SSSR count). The fourth-order valence-corrected chi connectivity index (χ4v) is 2.23. The van der Waals surface area contributed by atoms with Gasteiger partial charge in [0.15, 0.2) is 0 Å². The van der Waals surface area contributed by atoms with Crippen LogP contribution in [0.15, 0.2) is 30.6 Å². The number of nitrogens with zero attached hydrogens (tertiary/aromatic N) is 2. The van der Waals surface area contributed by atoms with Crippen molar-refractivity contribution in [1.82, 2.24) is 15.0 Å². The van der Waals surface area contributed by atoms with Crippen molar-refractivity contribution in [1.29, 1.82) is 0 Å². The van der Waals surface area contributed by atoms with E-state index in [0.29, 0.717) is 28.6 Å². The van der Waals surface area contributed by atoms with E-state index in [-0.39, 0.29) is 0 Å². The van der Waals surface area contributed by atoms with E-state index in [1.54, 1.807) is 12.4 Å². The monoisotopic (exact) mass is 273 g/mol. The molecule has 2 aromatic heterocycles. The Morgan fingerprint density at radius 1 is 1.21 bits per heavy atom. The molecule has 6 heteroatoms. The lowest BCUT2D eigenvalue weighted by molar-refractivity contribution is 1.08. The summed E-state index contributed by atoms with van der Waals surface area (Å²) in [6, 6.07) is 7.52. The van der Waals surface area contributed by atoms with Gasteiger partial charge in [-0.25, -0.2) is 9.97 Å². The summed E-state index contributed by atoms with van der Waals surface area (Å²) in [5.74, 6) is 0. The van der Waals surface area contributed by atoms with Gasteiger partial charge in [-0.15, -0.1) is 0 Å². The summed E-state index contributed by atoms with van der Waals surface area (Å²) >= 11 is 5.90. The van der Waals surface area contributed by atoms with Gasteiger partial charge in [0.25, 0.3) is 0 Å². The number of nitrogens with one attached hydrogen (secondary N) is 1. The van der Waals surface area contributed by atoms with E-state index in [1.165, 1.54) is 0 Å². The van der Waals surface area contributed by atoms with Gasteiger partial charge in [0.1, 0.15) is 5.15 Å². The van der Waals surface area contributed by atoms with Crippen molar-refractivity contribution in [2.75, 3.05) is 11.5 Å². The second kappa shape index (κ2) is 4.44. The summed E-state index contributed by atoms with van der Waals surface area (Å²) in [4.78, 5) is 11.5. The van der Waals surface area contributed by atoms with Crippen molar-refractivity contribution in [2.45, 2.75) is 6.42 Å². The van der Waals surface area contributed by atoms with E-state index in [1.807, 2.05) is 18.2 Å². The van der Waals surface area contributed by atoms with Crippen molar-refractivity contribution in [2.24, 2.45) is 0 Å². The zero-order chi connectivity index (χ0) is 13.4. The Hall–Kier alpha value is -2.27. The first-order valence-corrected chi connectivity index (χ1v) is 6.13. The number of nitrogens with two attached hydrogens (primary N) is 2. The zero-order valence-electron chi connectivity index (χ0n) is 10.0. The summed E-state index contributed by atoms with van der Waals surface area (Å²) in [5.41, 5.74) is 16.3.